The molecule has 0 spiro atoms. The Morgan fingerprint density at radius 3 is 2.95 bits per heavy atom. The molecule has 1 aliphatic rings. The lowest BCUT2D eigenvalue weighted by molar-refractivity contribution is -0.132. The Bertz CT molecular complexity index is 464. The van der Waals surface area contributed by atoms with Gasteiger partial charge in [0.2, 0.25) is 5.91 Å². The van der Waals surface area contributed by atoms with E-state index in [2.05, 4.69) is 10.3 Å². The number of amides is 1. The first-order valence-corrected chi connectivity index (χ1v) is 6.96. The van der Waals surface area contributed by atoms with Crippen LogP contribution in [0.15, 0.2) is 6.20 Å². The van der Waals surface area contributed by atoms with Crippen molar-refractivity contribution in [3.8, 4) is 0 Å². The van der Waals surface area contributed by atoms with Crippen LogP contribution in [0, 0.1) is 6.92 Å². The molecule has 1 unspecified atom stereocenters. The number of alkyl halides is 2. The summed E-state index contributed by atoms with van der Waals surface area (Å²) in [5, 5.41) is 3.54. The smallest absolute Gasteiger partial charge is 0.262 e. The van der Waals surface area contributed by atoms with Gasteiger partial charge in [-0.2, -0.15) is 0 Å². The molecule has 0 aromatic carbocycles. The summed E-state index contributed by atoms with van der Waals surface area (Å²) in [6.07, 6.45) is 2.04. The number of nitrogens with zero attached hydrogens (tertiary/aromatic N) is 2. The Hall–Kier alpha value is -1.08. The Morgan fingerprint density at radius 1 is 1.68 bits per heavy atom. The number of aromatic nitrogens is 1. The summed E-state index contributed by atoms with van der Waals surface area (Å²) < 4.78 is 26.1. The molecule has 1 saturated heterocycles. The van der Waals surface area contributed by atoms with E-state index in [1.54, 1.807) is 24.6 Å². The van der Waals surface area contributed by atoms with Crippen LogP contribution in [0.2, 0.25) is 0 Å². The van der Waals surface area contributed by atoms with E-state index in [4.69, 9.17) is 0 Å². The van der Waals surface area contributed by atoms with Crippen molar-refractivity contribution >= 4 is 17.2 Å². The summed E-state index contributed by atoms with van der Waals surface area (Å²) >= 11 is 1.59. The van der Waals surface area contributed by atoms with Gasteiger partial charge in [0.05, 0.1) is 17.6 Å². The molecule has 0 aliphatic carbocycles. The molecule has 0 saturated carbocycles. The number of likely N-dealkylation sites (N-methyl/N-ethyl adjacent to an activating group) is 1. The number of halogens is 2. The van der Waals surface area contributed by atoms with Crippen LogP contribution < -0.4 is 5.32 Å². The van der Waals surface area contributed by atoms with Crippen LogP contribution in [0.3, 0.4) is 0 Å². The van der Waals surface area contributed by atoms with Gasteiger partial charge in [-0.3, -0.25) is 10.1 Å². The predicted molar refractivity (Wildman–Crippen MR) is 69.5 cm³/mol. The summed E-state index contributed by atoms with van der Waals surface area (Å²) in [6.45, 7) is 2.05. The van der Waals surface area contributed by atoms with Crippen LogP contribution in [0.5, 0.6) is 0 Å². The number of thiazole rings is 1. The van der Waals surface area contributed by atoms with Crippen molar-refractivity contribution in [1.82, 2.24) is 15.2 Å². The molecular weight excluding hydrogens is 272 g/mol. The minimum atomic E-state index is -2.77. The number of carbonyl (C=O) groups is 1. The highest BCUT2D eigenvalue weighted by Gasteiger charge is 2.43. The molecule has 1 amide bonds. The van der Waals surface area contributed by atoms with E-state index in [1.165, 1.54) is 4.90 Å². The number of hydrogen-bond donors (Lipinski definition) is 1. The third-order valence-corrected chi connectivity index (χ3v) is 4.09. The van der Waals surface area contributed by atoms with Crippen molar-refractivity contribution < 1.29 is 13.6 Å². The number of rotatable bonds is 4. The maximum absolute atomic E-state index is 13.0. The summed E-state index contributed by atoms with van der Waals surface area (Å²) in [6, 6.07) is -0.766. The zero-order valence-corrected chi connectivity index (χ0v) is 11.8. The van der Waals surface area contributed by atoms with Gasteiger partial charge in [0.1, 0.15) is 0 Å². The molecule has 106 valence electrons. The second-order valence-corrected chi connectivity index (χ2v) is 6.19. The molecule has 2 heterocycles. The second kappa shape index (κ2) is 5.50. The lowest BCUT2D eigenvalue weighted by Gasteiger charge is -2.20. The van der Waals surface area contributed by atoms with Gasteiger partial charge in [-0.15, -0.1) is 11.3 Å². The monoisotopic (exact) mass is 289 g/mol. The van der Waals surface area contributed by atoms with Crippen molar-refractivity contribution in [1.29, 1.82) is 0 Å². The highest BCUT2D eigenvalue weighted by atomic mass is 32.1. The van der Waals surface area contributed by atoms with Gasteiger partial charge in [0.25, 0.3) is 5.92 Å². The van der Waals surface area contributed by atoms with Crippen molar-refractivity contribution in [3.05, 3.63) is 16.1 Å². The van der Waals surface area contributed by atoms with Gasteiger partial charge in [-0.1, -0.05) is 0 Å². The van der Waals surface area contributed by atoms with E-state index in [0.717, 1.165) is 9.88 Å². The van der Waals surface area contributed by atoms with Gasteiger partial charge in [-0.25, -0.2) is 13.8 Å². The summed E-state index contributed by atoms with van der Waals surface area (Å²) in [4.78, 5) is 18.8. The normalized spacial score (nSPS) is 21.6. The van der Waals surface area contributed by atoms with Crippen LogP contribution in [0.4, 0.5) is 8.78 Å². The minimum absolute atomic E-state index is 0.273. The number of hydrogen-bond acceptors (Lipinski definition) is 4. The lowest BCUT2D eigenvalue weighted by atomic mass is 10.1. The van der Waals surface area contributed by atoms with Crippen molar-refractivity contribution in [2.24, 2.45) is 0 Å². The Morgan fingerprint density at radius 2 is 2.42 bits per heavy atom. The first-order valence-electron chi connectivity index (χ1n) is 6.15. The topological polar surface area (TPSA) is 45.2 Å². The summed E-state index contributed by atoms with van der Waals surface area (Å²) in [5.74, 6) is -3.04. The first-order chi connectivity index (χ1) is 8.87. The molecule has 1 N–H and O–H groups in total. The lowest BCUT2D eigenvalue weighted by Crippen LogP contribution is -2.42. The van der Waals surface area contributed by atoms with E-state index in [0.29, 0.717) is 13.0 Å². The molecule has 1 aromatic rings. The van der Waals surface area contributed by atoms with E-state index < -0.39 is 24.9 Å². The van der Waals surface area contributed by atoms with Gasteiger partial charge in [0, 0.05) is 37.5 Å². The van der Waals surface area contributed by atoms with Crippen LogP contribution in [-0.4, -0.2) is 47.9 Å². The standard InChI is InChI=1S/C12H17F2N3OS/c1-8-6-15-10(19-8)3-4-17(2)11(18)9-5-12(13,14)7-16-9/h6,9,16H,3-5,7H2,1-2H3. The third kappa shape index (κ3) is 3.70. The van der Waals surface area contributed by atoms with E-state index >= 15 is 0 Å². The minimum Gasteiger partial charge on any atom is -0.344 e. The maximum Gasteiger partial charge on any atom is 0.262 e. The van der Waals surface area contributed by atoms with Crippen LogP contribution in [-0.2, 0) is 11.2 Å². The number of aryl methyl sites for hydroxylation is 1. The van der Waals surface area contributed by atoms with Gasteiger partial charge >= 0.3 is 0 Å². The van der Waals surface area contributed by atoms with Crippen molar-refractivity contribution in [2.45, 2.75) is 31.7 Å². The average Bonchev–Trinajstić information content (AvgIpc) is 2.91. The highest BCUT2D eigenvalue weighted by molar-refractivity contribution is 7.11. The number of nitrogens with one attached hydrogen (secondary N) is 1. The highest BCUT2D eigenvalue weighted by Crippen LogP contribution is 2.25. The molecule has 1 atom stereocenters. The van der Waals surface area contributed by atoms with Crippen LogP contribution in [0.1, 0.15) is 16.3 Å². The molecule has 0 bridgehead atoms. The first kappa shape index (κ1) is 14.3. The largest absolute Gasteiger partial charge is 0.344 e. The molecule has 7 heteroatoms. The maximum atomic E-state index is 13.0. The third-order valence-electron chi connectivity index (χ3n) is 3.11. The van der Waals surface area contributed by atoms with Crippen LogP contribution >= 0.6 is 11.3 Å². The summed E-state index contributed by atoms with van der Waals surface area (Å²) in [5.41, 5.74) is 0. The van der Waals surface area contributed by atoms with Crippen LogP contribution in [0.25, 0.3) is 0 Å². The molecule has 1 aliphatic heterocycles. The fourth-order valence-corrected chi connectivity index (χ4v) is 2.82. The zero-order chi connectivity index (χ0) is 14.0. The fraction of sp³-hybridized carbons (Fsp3) is 0.667. The molecule has 1 aromatic heterocycles. The van der Waals surface area contributed by atoms with Crippen molar-refractivity contribution in [3.63, 3.8) is 0 Å². The molecule has 0 radical (unpaired) electrons. The average molecular weight is 289 g/mol. The quantitative estimate of drug-likeness (QED) is 0.912. The Labute approximate surface area is 114 Å². The SMILES string of the molecule is Cc1cnc(CCN(C)C(=O)C2CC(F)(F)CN2)s1. The second-order valence-electron chi connectivity index (χ2n) is 4.87. The van der Waals surface area contributed by atoms with E-state index in [9.17, 15) is 13.6 Å². The van der Waals surface area contributed by atoms with E-state index in [-0.39, 0.29) is 5.91 Å². The summed E-state index contributed by atoms with van der Waals surface area (Å²) in [7, 11) is 1.64. The molecular formula is C12H17F2N3OS. The molecule has 4 nitrogen and oxygen atoms in total. The van der Waals surface area contributed by atoms with E-state index in [1.807, 2.05) is 6.92 Å². The molecule has 19 heavy (non-hydrogen) atoms. The van der Waals surface area contributed by atoms with Crippen molar-refractivity contribution in [2.75, 3.05) is 20.1 Å². The fourth-order valence-electron chi connectivity index (χ4n) is 2.05. The Balaban J connectivity index is 1.83. The molecule has 2 rings (SSSR count). The molecule has 1 fully saturated rings. The Kier molecular flexibility index (Phi) is 4.15. The van der Waals surface area contributed by atoms with Gasteiger partial charge in [-0.05, 0) is 6.92 Å². The van der Waals surface area contributed by atoms with Gasteiger partial charge < -0.3 is 4.90 Å². The van der Waals surface area contributed by atoms with Gasteiger partial charge in [0.15, 0.2) is 0 Å². The zero-order valence-electron chi connectivity index (χ0n) is 10.9. The predicted octanol–water partition coefficient (Wildman–Crippen LogP) is 1.45. The number of carbonyl (C=O) groups excluding carboxylic acids is 1.